The molecule has 1 atom stereocenters. The molecule has 160 valence electrons. The van der Waals surface area contributed by atoms with Gasteiger partial charge in [0.15, 0.2) is 0 Å². The lowest BCUT2D eigenvalue weighted by atomic mass is 10.0. The van der Waals surface area contributed by atoms with Crippen molar-refractivity contribution in [3.05, 3.63) is 95.6 Å². The average molecular weight is 418 g/mol. The summed E-state index contributed by atoms with van der Waals surface area (Å²) in [4.78, 5) is 32.8. The molecule has 2 heterocycles. The Morgan fingerprint density at radius 3 is 2.32 bits per heavy atom. The van der Waals surface area contributed by atoms with Crippen molar-refractivity contribution in [3.63, 3.8) is 0 Å². The number of methoxy groups -OCH3 is 1. The molecule has 3 rings (SSSR count). The van der Waals surface area contributed by atoms with Gasteiger partial charge in [0, 0.05) is 37.9 Å². The highest BCUT2D eigenvalue weighted by molar-refractivity contribution is 5.89. The summed E-state index contributed by atoms with van der Waals surface area (Å²) in [6, 6.07) is 14.1. The molecule has 0 aliphatic heterocycles. The molecule has 0 saturated heterocycles. The van der Waals surface area contributed by atoms with Gasteiger partial charge in [0.1, 0.15) is 6.04 Å². The van der Waals surface area contributed by atoms with Gasteiger partial charge in [-0.2, -0.15) is 0 Å². The third kappa shape index (κ3) is 6.72. The van der Waals surface area contributed by atoms with Crippen LogP contribution in [0.3, 0.4) is 0 Å². The molecule has 7 nitrogen and oxygen atoms in total. The van der Waals surface area contributed by atoms with Gasteiger partial charge >= 0.3 is 5.97 Å². The molecule has 2 aromatic heterocycles. The monoisotopic (exact) mass is 418 g/mol. The zero-order valence-electron chi connectivity index (χ0n) is 17.5. The van der Waals surface area contributed by atoms with E-state index < -0.39 is 12.0 Å². The molecule has 0 aliphatic carbocycles. The van der Waals surface area contributed by atoms with Crippen LogP contribution in [0.15, 0.2) is 73.3 Å². The number of benzene rings is 1. The van der Waals surface area contributed by atoms with Gasteiger partial charge < -0.3 is 15.4 Å². The van der Waals surface area contributed by atoms with Crippen molar-refractivity contribution in [3.8, 4) is 0 Å². The van der Waals surface area contributed by atoms with Crippen LogP contribution in [-0.2, 0) is 22.4 Å². The quantitative estimate of drug-likeness (QED) is 0.492. The molecule has 7 heteroatoms. The number of pyridine rings is 2. The summed E-state index contributed by atoms with van der Waals surface area (Å²) in [5.74, 6) is -0.529. The lowest BCUT2D eigenvalue weighted by Crippen LogP contribution is -2.39. The average Bonchev–Trinajstić information content (AvgIpc) is 2.83. The van der Waals surface area contributed by atoms with Crippen LogP contribution in [0.4, 0.5) is 0 Å². The molecule has 3 aromatic rings. The maximum Gasteiger partial charge on any atom is 0.337 e. The Bertz CT molecular complexity index is 963. The summed E-state index contributed by atoms with van der Waals surface area (Å²) in [6.07, 6.45) is 8.49. The number of hydrogen-bond acceptors (Lipinski definition) is 6. The van der Waals surface area contributed by atoms with Gasteiger partial charge in [-0.1, -0.05) is 18.2 Å². The van der Waals surface area contributed by atoms with Crippen molar-refractivity contribution < 1.29 is 14.3 Å². The normalized spacial score (nSPS) is 11.5. The van der Waals surface area contributed by atoms with Gasteiger partial charge in [-0.15, -0.1) is 0 Å². The number of aromatic nitrogens is 2. The van der Waals surface area contributed by atoms with Gasteiger partial charge in [0.2, 0.25) is 5.91 Å². The molecular formula is C24H26N4O3. The highest BCUT2D eigenvalue weighted by atomic mass is 16.5. The molecule has 0 fully saturated rings. The minimum Gasteiger partial charge on any atom is -0.465 e. The first kappa shape index (κ1) is 22.1. The molecule has 1 unspecified atom stereocenters. The first-order valence-electron chi connectivity index (χ1n) is 10.1. The lowest BCUT2D eigenvalue weighted by molar-refractivity contribution is -0.123. The van der Waals surface area contributed by atoms with Crippen LogP contribution in [0.25, 0.3) is 0 Å². The molecule has 0 radical (unpaired) electrons. The van der Waals surface area contributed by atoms with E-state index in [-0.39, 0.29) is 5.91 Å². The van der Waals surface area contributed by atoms with E-state index in [9.17, 15) is 9.59 Å². The number of esters is 1. The van der Waals surface area contributed by atoms with Crippen molar-refractivity contribution in [1.29, 1.82) is 0 Å². The van der Waals surface area contributed by atoms with Crippen LogP contribution in [0, 0.1) is 0 Å². The molecule has 0 aliphatic rings. The fourth-order valence-corrected chi connectivity index (χ4v) is 3.18. The van der Waals surface area contributed by atoms with E-state index in [1.165, 1.54) is 7.11 Å². The van der Waals surface area contributed by atoms with Crippen LogP contribution >= 0.6 is 0 Å². The Morgan fingerprint density at radius 1 is 0.903 bits per heavy atom. The Morgan fingerprint density at radius 2 is 1.65 bits per heavy atom. The molecule has 1 aromatic carbocycles. The number of nitrogens with zero attached hydrogens (tertiary/aromatic N) is 2. The topological polar surface area (TPSA) is 93.2 Å². The van der Waals surface area contributed by atoms with E-state index in [2.05, 4.69) is 20.6 Å². The predicted octanol–water partition coefficient (Wildman–Crippen LogP) is 2.50. The van der Waals surface area contributed by atoms with Crippen molar-refractivity contribution in [2.75, 3.05) is 20.2 Å². The van der Waals surface area contributed by atoms with Crippen molar-refractivity contribution in [2.45, 2.75) is 18.9 Å². The highest BCUT2D eigenvalue weighted by Gasteiger charge is 2.20. The summed E-state index contributed by atoms with van der Waals surface area (Å²) in [5, 5.41) is 6.33. The molecule has 0 bridgehead atoms. The van der Waals surface area contributed by atoms with Gasteiger partial charge in [0.05, 0.1) is 12.7 Å². The lowest BCUT2D eigenvalue weighted by Gasteiger charge is -2.19. The summed E-state index contributed by atoms with van der Waals surface area (Å²) >= 11 is 0. The van der Waals surface area contributed by atoms with E-state index in [1.54, 1.807) is 49.1 Å². The molecule has 2 N–H and O–H groups in total. The maximum atomic E-state index is 13.0. The summed E-state index contributed by atoms with van der Waals surface area (Å²) in [7, 11) is 1.34. The first-order chi connectivity index (χ1) is 15.2. The molecular weight excluding hydrogens is 392 g/mol. The second-order valence-corrected chi connectivity index (χ2v) is 7.01. The predicted molar refractivity (Wildman–Crippen MR) is 117 cm³/mol. The largest absolute Gasteiger partial charge is 0.465 e. The van der Waals surface area contributed by atoms with E-state index in [0.29, 0.717) is 25.1 Å². The Hall–Kier alpha value is -3.58. The van der Waals surface area contributed by atoms with Gasteiger partial charge in [-0.25, -0.2) is 4.79 Å². The van der Waals surface area contributed by atoms with Crippen molar-refractivity contribution in [2.24, 2.45) is 0 Å². The van der Waals surface area contributed by atoms with Crippen LogP contribution in [0.5, 0.6) is 0 Å². The number of hydrogen-bond donors (Lipinski definition) is 2. The molecule has 1 amide bonds. The maximum absolute atomic E-state index is 13.0. The van der Waals surface area contributed by atoms with Gasteiger partial charge in [0.25, 0.3) is 0 Å². The number of carbonyl (C=O) groups is 2. The number of nitrogens with one attached hydrogen (secondary N) is 2. The van der Waals surface area contributed by atoms with Gasteiger partial charge in [-0.05, 0) is 59.9 Å². The zero-order valence-corrected chi connectivity index (χ0v) is 17.5. The molecule has 0 spiro atoms. The number of rotatable bonds is 10. The SMILES string of the molecule is COC(=O)c1ccc(C(NCCc2ccncc2)C(=O)NCCc2cccnc2)cc1. The van der Waals surface area contributed by atoms with E-state index in [0.717, 1.165) is 23.1 Å². The summed E-state index contributed by atoms with van der Waals surface area (Å²) in [6.45, 7) is 1.12. The third-order valence-electron chi connectivity index (χ3n) is 4.87. The number of ether oxygens (including phenoxy) is 1. The Kier molecular flexibility index (Phi) is 8.25. The van der Waals surface area contributed by atoms with Crippen LogP contribution in [0.2, 0.25) is 0 Å². The fraction of sp³-hybridized carbons (Fsp3) is 0.250. The van der Waals surface area contributed by atoms with Crippen LogP contribution in [-0.4, -0.2) is 42.0 Å². The number of amides is 1. The van der Waals surface area contributed by atoms with E-state index in [1.807, 2.05) is 24.3 Å². The minimum absolute atomic E-state index is 0.121. The van der Waals surface area contributed by atoms with Crippen molar-refractivity contribution in [1.82, 2.24) is 20.6 Å². The smallest absolute Gasteiger partial charge is 0.337 e. The second-order valence-electron chi connectivity index (χ2n) is 7.01. The zero-order chi connectivity index (χ0) is 21.9. The first-order valence-corrected chi connectivity index (χ1v) is 10.1. The number of carbonyl (C=O) groups excluding carboxylic acids is 2. The van der Waals surface area contributed by atoms with Crippen molar-refractivity contribution >= 4 is 11.9 Å². The van der Waals surface area contributed by atoms with Crippen LogP contribution < -0.4 is 10.6 Å². The Balaban J connectivity index is 1.65. The van der Waals surface area contributed by atoms with E-state index in [4.69, 9.17) is 4.74 Å². The van der Waals surface area contributed by atoms with Gasteiger partial charge in [-0.3, -0.25) is 14.8 Å². The summed E-state index contributed by atoms with van der Waals surface area (Å²) < 4.78 is 4.75. The standard InChI is InChI=1S/C24H26N4O3/c1-31-24(30)21-6-4-20(5-7-21)22(27-15-10-18-8-13-25-14-9-18)23(29)28-16-11-19-3-2-12-26-17-19/h2-9,12-14,17,22,27H,10-11,15-16H2,1H3,(H,28,29). The highest BCUT2D eigenvalue weighted by Crippen LogP contribution is 2.15. The fourth-order valence-electron chi connectivity index (χ4n) is 3.18. The molecule has 31 heavy (non-hydrogen) atoms. The van der Waals surface area contributed by atoms with Crippen LogP contribution in [0.1, 0.15) is 33.1 Å². The minimum atomic E-state index is -0.539. The Labute approximate surface area is 181 Å². The second kappa shape index (κ2) is 11.6. The third-order valence-corrected chi connectivity index (χ3v) is 4.87. The van der Waals surface area contributed by atoms with E-state index >= 15 is 0 Å². The summed E-state index contributed by atoms with van der Waals surface area (Å²) in [5.41, 5.74) is 3.42. The molecule has 0 saturated carbocycles.